The van der Waals surface area contributed by atoms with Crippen molar-refractivity contribution < 1.29 is 0 Å². The molecule has 0 saturated heterocycles. The van der Waals surface area contributed by atoms with Crippen LogP contribution in [0.4, 0.5) is 0 Å². The van der Waals surface area contributed by atoms with Crippen LogP contribution < -0.4 is 5.73 Å². The van der Waals surface area contributed by atoms with Gasteiger partial charge in [-0.3, -0.25) is 4.99 Å². The molecule has 3 heterocycles. The predicted octanol–water partition coefficient (Wildman–Crippen LogP) is 2.40. The topological polar surface area (TPSA) is 59.4 Å². The van der Waals surface area contributed by atoms with Crippen LogP contribution in [0.2, 0.25) is 0 Å². The second kappa shape index (κ2) is 5.28. The number of imidazole rings is 1. The Morgan fingerprint density at radius 3 is 3.05 bits per heavy atom. The smallest absolute Gasteiger partial charge is 0.192 e. The normalized spacial score (nSPS) is 18.9. The lowest BCUT2D eigenvalue weighted by Crippen LogP contribution is -2.36. The number of hydrogen-bond acceptors (Lipinski definition) is 5. The standard InChI is InChI=1S/C14H19N5S/c1-10(2)19-9-16-6-12(19)13-7-17-14(15)18(13)8-11-4-3-5-20-11/h3-6,9-10,13H,7-8H2,1-2H3,(H2,15,17). The number of nitrogens with two attached hydrogens (primary N) is 1. The van der Waals surface area contributed by atoms with Crippen molar-refractivity contribution in [1.29, 1.82) is 0 Å². The fourth-order valence-electron chi connectivity index (χ4n) is 2.55. The van der Waals surface area contributed by atoms with E-state index in [4.69, 9.17) is 5.73 Å². The Bertz CT molecular complexity index is 599. The van der Waals surface area contributed by atoms with Crippen molar-refractivity contribution >= 4 is 17.3 Å². The van der Waals surface area contributed by atoms with E-state index in [-0.39, 0.29) is 6.04 Å². The van der Waals surface area contributed by atoms with Crippen LogP contribution in [-0.4, -0.2) is 27.0 Å². The van der Waals surface area contributed by atoms with Gasteiger partial charge in [0.25, 0.3) is 0 Å². The molecule has 5 nitrogen and oxygen atoms in total. The SMILES string of the molecule is CC(C)n1cncc1C1CN=C(N)N1Cc1cccs1. The molecule has 0 radical (unpaired) electrons. The van der Waals surface area contributed by atoms with Crippen molar-refractivity contribution in [3.8, 4) is 0 Å². The van der Waals surface area contributed by atoms with Gasteiger partial charge in [0, 0.05) is 10.9 Å². The monoisotopic (exact) mass is 289 g/mol. The van der Waals surface area contributed by atoms with Gasteiger partial charge in [0.15, 0.2) is 5.96 Å². The molecule has 1 atom stereocenters. The molecule has 0 aromatic carbocycles. The van der Waals surface area contributed by atoms with E-state index in [1.807, 2.05) is 12.5 Å². The highest BCUT2D eigenvalue weighted by molar-refractivity contribution is 7.09. The molecule has 2 aromatic rings. The summed E-state index contributed by atoms with van der Waals surface area (Å²) in [6, 6.07) is 4.77. The number of aromatic nitrogens is 2. The van der Waals surface area contributed by atoms with Crippen LogP contribution in [0.15, 0.2) is 35.0 Å². The first-order valence-electron chi connectivity index (χ1n) is 6.77. The Hall–Kier alpha value is -1.82. The molecular weight excluding hydrogens is 270 g/mol. The van der Waals surface area contributed by atoms with Gasteiger partial charge in [-0.05, 0) is 25.3 Å². The van der Waals surface area contributed by atoms with Crippen LogP contribution in [0.3, 0.4) is 0 Å². The van der Waals surface area contributed by atoms with Crippen molar-refractivity contribution in [1.82, 2.24) is 14.5 Å². The fourth-order valence-corrected chi connectivity index (χ4v) is 3.25. The molecule has 1 aliphatic rings. The highest BCUT2D eigenvalue weighted by Gasteiger charge is 2.30. The van der Waals surface area contributed by atoms with Gasteiger partial charge < -0.3 is 15.2 Å². The Kier molecular flexibility index (Phi) is 3.48. The molecule has 106 valence electrons. The molecule has 0 fully saturated rings. The number of aliphatic imine (C=N–C) groups is 1. The summed E-state index contributed by atoms with van der Waals surface area (Å²) in [5.74, 6) is 0.625. The third-order valence-electron chi connectivity index (χ3n) is 3.60. The average molecular weight is 289 g/mol. The highest BCUT2D eigenvalue weighted by Crippen LogP contribution is 2.29. The van der Waals surface area contributed by atoms with Gasteiger partial charge in [-0.25, -0.2) is 4.98 Å². The van der Waals surface area contributed by atoms with E-state index < -0.39 is 0 Å². The van der Waals surface area contributed by atoms with E-state index in [0.29, 0.717) is 18.5 Å². The predicted molar refractivity (Wildman–Crippen MR) is 81.7 cm³/mol. The number of nitrogens with zero attached hydrogens (tertiary/aromatic N) is 4. The summed E-state index contributed by atoms with van der Waals surface area (Å²) in [6.07, 6.45) is 3.82. The second-order valence-electron chi connectivity index (χ2n) is 5.24. The van der Waals surface area contributed by atoms with Gasteiger partial charge in [0.1, 0.15) is 0 Å². The summed E-state index contributed by atoms with van der Waals surface area (Å²) in [5, 5.41) is 2.09. The van der Waals surface area contributed by atoms with E-state index in [1.54, 1.807) is 11.3 Å². The molecule has 0 spiro atoms. The average Bonchev–Trinajstić information content (AvgIpc) is 3.12. The Balaban J connectivity index is 1.87. The molecule has 0 saturated carbocycles. The molecule has 2 aromatic heterocycles. The Morgan fingerprint density at radius 2 is 2.35 bits per heavy atom. The van der Waals surface area contributed by atoms with Crippen molar-refractivity contribution in [3.63, 3.8) is 0 Å². The van der Waals surface area contributed by atoms with Crippen molar-refractivity contribution in [2.24, 2.45) is 10.7 Å². The van der Waals surface area contributed by atoms with Gasteiger partial charge in [0.05, 0.1) is 37.3 Å². The molecule has 0 amide bonds. The van der Waals surface area contributed by atoms with E-state index in [9.17, 15) is 0 Å². The fraction of sp³-hybridized carbons (Fsp3) is 0.429. The van der Waals surface area contributed by atoms with Gasteiger partial charge in [-0.15, -0.1) is 11.3 Å². The minimum absolute atomic E-state index is 0.182. The van der Waals surface area contributed by atoms with Gasteiger partial charge in [0.2, 0.25) is 0 Å². The minimum Gasteiger partial charge on any atom is -0.370 e. The lowest BCUT2D eigenvalue weighted by atomic mass is 10.2. The number of thiophene rings is 1. The summed E-state index contributed by atoms with van der Waals surface area (Å²) >= 11 is 1.75. The maximum atomic E-state index is 6.07. The van der Waals surface area contributed by atoms with Crippen LogP contribution in [0, 0.1) is 0 Å². The van der Waals surface area contributed by atoms with Crippen molar-refractivity contribution in [2.45, 2.75) is 32.5 Å². The van der Waals surface area contributed by atoms with Crippen LogP contribution >= 0.6 is 11.3 Å². The third kappa shape index (κ3) is 2.31. The molecule has 0 bridgehead atoms. The highest BCUT2D eigenvalue weighted by atomic mass is 32.1. The summed E-state index contributed by atoms with van der Waals surface area (Å²) in [6.45, 7) is 5.83. The zero-order chi connectivity index (χ0) is 14.1. The number of guanidine groups is 1. The molecule has 2 N–H and O–H groups in total. The van der Waals surface area contributed by atoms with Crippen molar-refractivity contribution in [3.05, 3.63) is 40.6 Å². The summed E-state index contributed by atoms with van der Waals surface area (Å²) in [7, 11) is 0. The first-order valence-corrected chi connectivity index (χ1v) is 7.65. The lowest BCUT2D eigenvalue weighted by Gasteiger charge is -2.27. The van der Waals surface area contributed by atoms with Gasteiger partial charge >= 0.3 is 0 Å². The first kappa shape index (κ1) is 13.2. The third-order valence-corrected chi connectivity index (χ3v) is 4.46. The molecular formula is C14H19N5S. The van der Waals surface area contributed by atoms with E-state index in [0.717, 1.165) is 6.54 Å². The summed E-state index contributed by atoms with van der Waals surface area (Å²) < 4.78 is 2.19. The molecule has 20 heavy (non-hydrogen) atoms. The second-order valence-corrected chi connectivity index (χ2v) is 6.27. The number of hydrogen-bond donors (Lipinski definition) is 1. The molecule has 0 aliphatic carbocycles. The minimum atomic E-state index is 0.182. The quantitative estimate of drug-likeness (QED) is 0.940. The molecule has 3 rings (SSSR count). The molecule has 1 aliphatic heterocycles. The van der Waals surface area contributed by atoms with Crippen LogP contribution in [-0.2, 0) is 6.54 Å². The van der Waals surface area contributed by atoms with Gasteiger partial charge in [-0.2, -0.15) is 0 Å². The summed E-state index contributed by atoms with van der Waals surface area (Å²) in [5.41, 5.74) is 7.25. The Labute approximate surface area is 122 Å². The van der Waals surface area contributed by atoms with Crippen LogP contribution in [0.1, 0.15) is 36.5 Å². The summed E-state index contributed by atoms with van der Waals surface area (Å²) in [4.78, 5) is 12.2. The van der Waals surface area contributed by atoms with E-state index in [1.165, 1.54) is 10.6 Å². The molecule has 6 heteroatoms. The van der Waals surface area contributed by atoms with Gasteiger partial charge in [-0.1, -0.05) is 6.07 Å². The lowest BCUT2D eigenvalue weighted by molar-refractivity contribution is 0.324. The molecule has 1 unspecified atom stereocenters. The largest absolute Gasteiger partial charge is 0.370 e. The van der Waals surface area contributed by atoms with Crippen molar-refractivity contribution in [2.75, 3.05) is 6.54 Å². The maximum Gasteiger partial charge on any atom is 0.192 e. The zero-order valence-corrected chi connectivity index (χ0v) is 12.5. The first-order chi connectivity index (χ1) is 9.66. The number of rotatable bonds is 4. The zero-order valence-electron chi connectivity index (χ0n) is 11.7. The van der Waals surface area contributed by atoms with Crippen LogP contribution in [0.25, 0.3) is 0 Å². The van der Waals surface area contributed by atoms with Crippen LogP contribution in [0.5, 0.6) is 0 Å². The maximum absolute atomic E-state index is 6.07. The Morgan fingerprint density at radius 1 is 1.50 bits per heavy atom. The van der Waals surface area contributed by atoms with E-state index >= 15 is 0 Å². The van der Waals surface area contributed by atoms with E-state index in [2.05, 4.69) is 50.8 Å².